The van der Waals surface area contributed by atoms with E-state index in [1.807, 2.05) is 0 Å². The van der Waals surface area contributed by atoms with E-state index >= 15 is 0 Å². The van der Waals surface area contributed by atoms with E-state index in [1.165, 1.54) is 32.1 Å². The number of ether oxygens (including phenoxy) is 2. The zero-order valence-electron chi connectivity index (χ0n) is 22.9. The minimum absolute atomic E-state index is 0.263. The topological polar surface area (TPSA) is 158 Å². The second kappa shape index (κ2) is 20.6. The molecular weight excluding hydrogens is 480 g/mol. The molecule has 1 aliphatic heterocycles. The molecule has 0 aliphatic carbocycles. The standard InChI is InChI=1S/C27H52N2O8/c1-3-5-7-9-10-11-13-15-17-28-26(35)20(29-22(31)16-14-12-8-6-4-2)19-36-27-25(34)24(33)23(32)21(18-30)37-27/h20-21,23-25,27,30,32-34H,3-19H2,1-2H3,(H,28,35)(H,29,31)/t20-,21+,23-,24-,25+,27-/m0/s1. The fraction of sp³-hybridized carbons (Fsp3) is 0.926. The Labute approximate surface area is 222 Å². The van der Waals surface area contributed by atoms with Crippen molar-refractivity contribution in [3.05, 3.63) is 0 Å². The summed E-state index contributed by atoms with van der Waals surface area (Å²) in [5.74, 6) is -0.659. The van der Waals surface area contributed by atoms with E-state index in [1.54, 1.807) is 0 Å². The first-order chi connectivity index (χ1) is 17.8. The number of aliphatic hydroxyl groups excluding tert-OH is 4. The molecule has 1 heterocycles. The lowest BCUT2D eigenvalue weighted by Crippen LogP contribution is -2.60. The molecular formula is C27H52N2O8. The van der Waals surface area contributed by atoms with Crippen molar-refractivity contribution in [2.45, 2.75) is 140 Å². The Kier molecular flexibility index (Phi) is 18.8. The number of hydrogen-bond donors (Lipinski definition) is 6. The molecule has 1 rings (SSSR count). The molecule has 1 aliphatic rings. The lowest BCUT2D eigenvalue weighted by molar-refractivity contribution is -0.301. The van der Waals surface area contributed by atoms with Crippen LogP contribution in [0.1, 0.15) is 104 Å². The molecule has 0 radical (unpaired) electrons. The minimum atomic E-state index is -1.58. The van der Waals surface area contributed by atoms with Crippen molar-refractivity contribution >= 4 is 11.8 Å². The van der Waals surface area contributed by atoms with Gasteiger partial charge in [-0.25, -0.2) is 0 Å². The molecule has 10 heteroatoms. The minimum Gasteiger partial charge on any atom is -0.394 e. The van der Waals surface area contributed by atoms with Crippen LogP contribution in [0.15, 0.2) is 0 Å². The zero-order valence-corrected chi connectivity index (χ0v) is 22.9. The van der Waals surface area contributed by atoms with Crippen molar-refractivity contribution in [1.82, 2.24) is 10.6 Å². The van der Waals surface area contributed by atoms with E-state index in [9.17, 15) is 30.0 Å². The number of carbonyl (C=O) groups excluding carboxylic acids is 2. The van der Waals surface area contributed by atoms with Crippen LogP contribution in [0.4, 0.5) is 0 Å². The largest absolute Gasteiger partial charge is 0.394 e. The van der Waals surface area contributed by atoms with Crippen LogP contribution in [0.3, 0.4) is 0 Å². The SMILES string of the molecule is CCCCCCCCCCNC(=O)[C@H](CO[C@H]1O[C@H](CO)[C@H](O)[C@H](O)[C@H]1O)NC(=O)CCCCCCC. The third-order valence-electron chi connectivity index (χ3n) is 6.76. The summed E-state index contributed by atoms with van der Waals surface area (Å²) in [7, 11) is 0. The van der Waals surface area contributed by atoms with Gasteiger partial charge in [0.25, 0.3) is 0 Å². The lowest BCUT2D eigenvalue weighted by Gasteiger charge is -2.39. The summed E-state index contributed by atoms with van der Waals surface area (Å²) < 4.78 is 10.9. The highest BCUT2D eigenvalue weighted by Gasteiger charge is 2.44. The molecule has 0 aromatic rings. The molecule has 6 N–H and O–H groups in total. The zero-order chi connectivity index (χ0) is 27.5. The van der Waals surface area contributed by atoms with Crippen molar-refractivity contribution in [3.63, 3.8) is 0 Å². The van der Waals surface area contributed by atoms with Crippen LogP contribution in [0.5, 0.6) is 0 Å². The van der Waals surface area contributed by atoms with E-state index in [2.05, 4.69) is 24.5 Å². The van der Waals surface area contributed by atoms with Crippen molar-refractivity contribution in [1.29, 1.82) is 0 Å². The first-order valence-electron chi connectivity index (χ1n) is 14.3. The van der Waals surface area contributed by atoms with Gasteiger partial charge in [0.1, 0.15) is 30.5 Å². The van der Waals surface area contributed by atoms with Gasteiger partial charge in [-0.1, -0.05) is 84.5 Å². The molecule has 0 saturated carbocycles. The van der Waals surface area contributed by atoms with Crippen LogP contribution in [0, 0.1) is 0 Å². The number of amides is 2. The molecule has 0 bridgehead atoms. The van der Waals surface area contributed by atoms with Gasteiger partial charge in [-0.3, -0.25) is 9.59 Å². The number of carbonyl (C=O) groups is 2. The molecule has 2 amide bonds. The maximum absolute atomic E-state index is 12.9. The van der Waals surface area contributed by atoms with Gasteiger partial charge in [0.2, 0.25) is 11.8 Å². The van der Waals surface area contributed by atoms with E-state index in [0.29, 0.717) is 13.0 Å². The second-order valence-electron chi connectivity index (χ2n) is 10.1. The Morgan fingerprint density at radius 1 is 0.811 bits per heavy atom. The molecule has 37 heavy (non-hydrogen) atoms. The van der Waals surface area contributed by atoms with Crippen molar-refractivity contribution in [2.24, 2.45) is 0 Å². The molecule has 6 atom stereocenters. The van der Waals surface area contributed by atoms with Crippen molar-refractivity contribution < 1.29 is 39.5 Å². The van der Waals surface area contributed by atoms with Gasteiger partial charge in [0.05, 0.1) is 13.2 Å². The van der Waals surface area contributed by atoms with Crippen LogP contribution in [0.25, 0.3) is 0 Å². The maximum atomic E-state index is 12.9. The predicted molar refractivity (Wildman–Crippen MR) is 141 cm³/mol. The van der Waals surface area contributed by atoms with Crippen LogP contribution in [0.2, 0.25) is 0 Å². The molecule has 1 saturated heterocycles. The maximum Gasteiger partial charge on any atom is 0.244 e. The molecule has 0 spiro atoms. The summed E-state index contributed by atoms with van der Waals surface area (Å²) >= 11 is 0. The van der Waals surface area contributed by atoms with Crippen LogP contribution >= 0.6 is 0 Å². The Balaban J connectivity index is 2.56. The highest BCUT2D eigenvalue weighted by molar-refractivity contribution is 5.87. The highest BCUT2D eigenvalue weighted by atomic mass is 16.7. The van der Waals surface area contributed by atoms with Crippen LogP contribution in [-0.4, -0.2) is 88.7 Å². The number of aliphatic hydroxyl groups is 4. The summed E-state index contributed by atoms with van der Waals surface area (Å²) in [6, 6.07) is -1.01. The predicted octanol–water partition coefficient (Wildman–Crippen LogP) is 1.91. The fourth-order valence-corrected chi connectivity index (χ4v) is 4.33. The Bertz CT molecular complexity index is 607. The van der Waals surface area contributed by atoms with E-state index < -0.39 is 49.3 Å². The molecule has 10 nitrogen and oxygen atoms in total. The Morgan fingerprint density at radius 2 is 1.38 bits per heavy atom. The number of rotatable bonds is 21. The molecule has 218 valence electrons. The third kappa shape index (κ3) is 13.9. The van der Waals surface area contributed by atoms with E-state index in [-0.39, 0.29) is 12.5 Å². The Hall–Kier alpha value is -1.30. The summed E-state index contributed by atoms with van der Waals surface area (Å²) in [4.78, 5) is 25.3. The average molecular weight is 533 g/mol. The summed E-state index contributed by atoms with van der Waals surface area (Å²) in [5, 5.41) is 45.0. The van der Waals surface area contributed by atoms with Gasteiger partial charge < -0.3 is 40.5 Å². The van der Waals surface area contributed by atoms with Crippen molar-refractivity contribution in [3.8, 4) is 0 Å². The quantitative estimate of drug-likeness (QED) is 0.122. The normalized spacial score (nSPS) is 24.5. The van der Waals surface area contributed by atoms with E-state index in [0.717, 1.165) is 51.4 Å². The number of hydrogen-bond acceptors (Lipinski definition) is 8. The molecule has 0 aromatic carbocycles. The number of nitrogens with one attached hydrogen (secondary N) is 2. The first-order valence-corrected chi connectivity index (χ1v) is 14.3. The Morgan fingerprint density at radius 3 is 1.97 bits per heavy atom. The van der Waals surface area contributed by atoms with Gasteiger partial charge in [0, 0.05) is 13.0 Å². The average Bonchev–Trinajstić information content (AvgIpc) is 2.89. The summed E-state index contributed by atoms with van der Waals surface area (Å²) in [6.07, 6.45) is 7.29. The second-order valence-corrected chi connectivity index (χ2v) is 10.1. The molecule has 0 aromatic heterocycles. The van der Waals surface area contributed by atoms with E-state index in [4.69, 9.17) is 9.47 Å². The van der Waals surface area contributed by atoms with Gasteiger partial charge in [-0.15, -0.1) is 0 Å². The van der Waals surface area contributed by atoms with Crippen LogP contribution in [-0.2, 0) is 19.1 Å². The van der Waals surface area contributed by atoms with Gasteiger partial charge in [-0.2, -0.15) is 0 Å². The van der Waals surface area contributed by atoms with Gasteiger partial charge >= 0.3 is 0 Å². The third-order valence-corrected chi connectivity index (χ3v) is 6.76. The smallest absolute Gasteiger partial charge is 0.244 e. The highest BCUT2D eigenvalue weighted by Crippen LogP contribution is 2.22. The number of unbranched alkanes of at least 4 members (excludes halogenated alkanes) is 11. The molecule has 1 fully saturated rings. The lowest BCUT2D eigenvalue weighted by atomic mass is 9.99. The van der Waals surface area contributed by atoms with Crippen LogP contribution < -0.4 is 10.6 Å². The van der Waals surface area contributed by atoms with Gasteiger partial charge in [-0.05, 0) is 12.8 Å². The summed E-state index contributed by atoms with van der Waals surface area (Å²) in [5.41, 5.74) is 0. The monoisotopic (exact) mass is 532 g/mol. The van der Waals surface area contributed by atoms with Gasteiger partial charge in [0.15, 0.2) is 6.29 Å². The molecule has 0 unspecified atom stereocenters. The van der Waals surface area contributed by atoms with Crippen molar-refractivity contribution in [2.75, 3.05) is 19.8 Å². The fourth-order valence-electron chi connectivity index (χ4n) is 4.33. The summed E-state index contributed by atoms with van der Waals surface area (Å²) in [6.45, 7) is 3.92. The first kappa shape index (κ1) is 33.7.